The fourth-order valence-corrected chi connectivity index (χ4v) is 0.891. The van der Waals surface area contributed by atoms with Crippen LogP contribution in [0.15, 0.2) is 18.2 Å². The molecule has 0 heterocycles. The highest BCUT2D eigenvalue weighted by atomic mass is 16.1. The van der Waals surface area contributed by atoms with Gasteiger partial charge >= 0.3 is 0 Å². The van der Waals surface area contributed by atoms with Gasteiger partial charge in [-0.25, -0.2) is 0 Å². The Hall–Kier alpha value is -1.31. The minimum atomic E-state index is 0.750. The van der Waals surface area contributed by atoms with Gasteiger partial charge in [-0.2, -0.15) is 0 Å². The fraction of sp³-hybridized carbons (Fsp3) is 0.417. The van der Waals surface area contributed by atoms with Gasteiger partial charge in [0.1, 0.15) is 0 Å². The third kappa shape index (κ3) is 5.36. The summed E-state index contributed by atoms with van der Waals surface area (Å²) < 4.78 is 0. The van der Waals surface area contributed by atoms with Crippen molar-refractivity contribution < 1.29 is 4.79 Å². The molecular weight excluding hydrogens is 174 g/mol. The Labute approximate surface area is 86.5 Å². The molecule has 0 atom stereocenters. The van der Waals surface area contributed by atoms with Crippen LogP contribution in [0.4, 0.5) is 0 Å². The van der Waals surface area contributed by atoms with Gasteiger partial charge in [-0.3, -0.25) is 4.79 Å². The van der Waals surface area contributed by atoms with Gasteiger partial charge in [-0.1, -0.05) is 23.8 Å². The van der Waals surface area contributed by atoms with Gasteiger partial charge in [0.15, 0.2) is 0 Å². The summed E-state index contributed by atoms with van der Waals surface area (Å²) in [6.45, 7) is 6.39. The van der Waals surface area contributed by atoms with E-state index in [1.54, 1.807) is 14.1 Å². The Morgan fingerprint density at radius 2 is 1.57 bits per heavy atom. The Morgan fingerprint density at radius 3 is 1.86 bits per heavy atom. The molecule has 2 heteroatoms. The third-order valence-corrected chi connectivity index (χ3v) is 1.87. The van der Waals surface area contributed by atoms with Crippen molar-refractivity contribution in [2.24, 2.45) is 0 Å². The molecule has 0 aromatic heterocycles. The second-order valence-corrected chi connectivity index (χ2v) is 3.66. The molecular formula is C12H19NO. The predicted molar refractivity (Wildman–Crippen MR) is 60.4 cm³/mol. The number of benzene rings is 1. The topological polar surface area (TPSA) is 20.3 Å². The van der Waals surface area contributed by atoms with E-state index in [0.717, 1.165) is 6.41 Å². The Kier molecular flexibility index (Phi) is 5.61. The molecule has 1 rings (SSSR count). The molecule has 2 nitrogen and oxygen atoms in total. The molecule has 0 fully saturated rings. The summed E-state index contributed by atoms with van der Waals surface area (Å²) >= 11 is 0. The standard InChI is InChI=1S/C9H12.C3H7NO/c1-7-4-5-8(2)9(3)6-7;1-4(2)3-5/h4-6H,1-3H3;3H,1-2H3. The first-order valence-corrected chi connectivity index (χ1v) is 4.63. The van der Waals surface area contributed by atoms with E-state index >= 15 is 0 Å². The van der Waals surface area contributed by atoms with Crippen LogP contribution < -0.4 is 0 Å². The van der Waals surface area contributed by atoms with Crippen molar-refractivity contribution in [2.45, 2.75) is 20.8 Å². The van der Waals surface area contributed by atoms with Crippen molar-refractivity contribution in [2.75, 3.05) is 14.1 Å². The van der Waals surface area contributed by atoms with E-state index in [2.05, 4.69) is 39.0 Å². The lowest BCUT2D eigenvalue weighted by molar-refractivity contribution is -0.115. The number of aryl methyl sites for hydroxylation is 3. The summed E-state index contributed by atoms with van der Waals surface area (Å²) in [5.41, 5.74) is 4.11. The summed E-state index contributed by atoms with van der Waals surface area (Å²) in [6, 6.07) is 6.50. The number of rotatable bonds is 1. The molecule has 0 saturated carbocycles. The number of hydrogen-bond donors (Lipinski definition) is 0. The lowest BCUT2D eigenvalue weighted by Gasteiger charge is -1.98. The first-order chi connectivity index (χ1) is 6.47. The summed E-state index contributed by atoms with van der Waals surface area (Å²) in [4.78, 5) is 10.9. The van der Waals surface area contributed by atoms with Gasteiger partial charge in [0.2, 0.25) is 6.41 Å². The fourth-order valence-electron chi connectivity index (χ4n) is 0.891. The minimum Gasteiger partial charge on any atom is -0.351 e. The Morgan fingerprint density at radius 1 is 1.07 bits per heavy atom. The van der Waals surface area contributed by atoms with E-state index in [0.29, 0.717) is 0 Å². The smallest absolute Gasteiger partial charge is 0.209 e. The average Bonchev–Trinajstić information content (AvgIpc) is 2.13. The summed E-state index contributed by atoms with van der Waals surface area (Å²) in [5, 5.41) is 0. The van der Waals surface area contributed by atoms with Crippen molar-refractivity contribution >= 4 is 6.41 Å². The summed E-state index contributed by atoms with van der Waals surface area (Å²) in [5.74, 6) is 0. The van der Waals surface area contributed by atoms with Crippen LogP contribution in [-0.4, -0.2) is 25.4 Å². The quantitative estimate of drug-likeness (QED) is 0.627. The van der Waals surface area contributed by atoms with Crippen molar-refractivity contribution in [3.8, 4) is 0 Å². The van der Waals surface area contributed by atoms with Crippen molar-refractivity contribution in [3.05, 3.63) is 34.9 Å². The SMILES string of the molecule is CN(C)C=O.Cc1ccc(C)c(C)c1. The molecule has 1 aromatic carbocycles. The number of hydrogen-bond acceptors (Lipinski definition) is 1. The largest absolute Gasteiger partial charge is 0.351 e. The second-order valence-electron chi connectivity index (χ2n) is 3.66. The van der Waals surface area contributed by atoms with Crippen molar-refractivity contribution in [1.29, 1.82) is 0 Å². The molecule has 0 spiro atoms. The third-order valence-electron chi connectivity index (χ3n) is 1.87. The average molecular weight is 193 g/mol. The van der Waals surface area contributed by atoms with Gasteiger partial charge in [-0.05, 0) is 31.9 Å². The van der Waals surface area contributed by atoms with Gasteiger partial charge < -0.3 is 4.90 Å². The molecule has 0 aliphatic carbocycles. The molecule has 1 aromatic rings. The highest BCUT2D eigenvalue weighted by Gasteiger charge is 1.89. The first-order valence-electron chi connectivity index (χ1n) is 4.63. The monoisotopic (exact) mass is 193 g/mol. The molecule has 0 aliphatic heterocycles. The molecule has 0 radical (unpaired) electrons. The van der Waals surface area contributed by atoms with Crippen LogP contribution in [0.2, 0.25) is 0 Å². The van der Waals surface area contributed by atoms with E-state index < -0.39 is 0 Å². The van der Waals surface area contributed by atoms with Crippen LogP contribution in [0.25, 0.3) is 0 Å². The van der Waals surface area contributed by atoms with Crippen LogP contribution in [0, 0.1) is 20.8 Å². The van der Waals surface area contributed by atoms with Crippen LogP contribution in [-0.2, 0) is 4.79 Å². The van der Waals surface area contributed by atoms with Crippen molar-refractivity contribution in [3.63, 3.8) is 0 Å². The molecule has 0 saturated heterocycles. The number of amides is 1. The zero-order chi connectivity index (χ0) is 11.1. The summed E-state index contributed by atoms with van der Waals surface area (Å²) in [7, 11) is 3.38. The normalized spacial score (nSPS) is 8.64. The Balaban J connectivity index is 0.000000292. The highest BCUT2D eigenvalue weighted by Crippen LogP contribution is 2.07. The zero-order valence-electron chi connectivity index (χ0n) is 9.66. The lowest BCUT2D eigenvalue weighted by atomic mass is 10.1. The van der Waals surface area contributed by atoms with Gasteiger partial charge in [0, 0.05) is 14.1 Å². The van der Waals surface area contributed by atoms with E-state index in [1.165, 1.54) is 21.6 Å². The maximum Gasteiger partial charge on any atom is 0.209 e. The van der Waals surface area contributed by atoms with Crippen molar-refractivity contribution in [1.82, 2.24) is 4.90 Å². The van der Waals surface area contributed by atoms with Crippen LogP contribution >= 0.6 is 0 Å². The maximum atomic E-state index is 9.43. The number of nitrogens with zero attached hydrogens (tertiary/aromatic N) is 1. The number of carbonyl (C=O) groups excluding carboxylic acids is 1. The van der Waals surface area contributed by atoms with Crippen LogP contribution in [0.1, 0.15) is 16.7 Å². The highest BCUT2D eigenvalue weighted by molar-refractivity contribution is 5.45. The van der Waals surface area contributed by atoms with Gasteiger partial charge in [0.05, 0.1) is 0 Å². The van der Waals surface area contributed by atoms with E-state index in [1.807, 2.05) is 0 Å². The predicted octanol–water partition coefficient (Wildman–Crippen LogP) is 2.32. The number of carbonyl (C=O) groups is 1. The zero-order valence-corrected chi connectivity index (χ0v) is 9.66. The van der Waals surface area contributed by atoms with Gasteiger partial charge in [-0.15, -0.1) is 0 Å². The van der Waals surface area contributed by atoms with E-state index in [-0.39, 0.29) is 0 Å². The molecule has 14 heavy (non-hydrogen) atoms. The van der Waals surface area contributed by atoms with E-state index in [9.17, 15) is 4.79 Å². The molecule has 0 unspecified atom stereocenters. The van der Waals surface area contributed by atoms with E-state index in [4.69, 9.17) is 0 Å². The molecule has 0 N–H and O–H groups in total. The molecule has 78 valence electrons. The molecule has 1 amide bonds. The lowest BCUT2D eigenvalue weighted by Crippen LogP contribution is -2.06. The Bertz CT molecular complexity index is 292. The van der Waals surface area contributed by atoms with Gasteiger partial charge in [0.25, 0.3) is 0 Å². The summed E-state index contributed by atoms with van der Waals surface area (Å²) in [6.07, 6.45) is 0.750. The second kappa shape index (κ2) is 6.19. The van der Waals surface area contributed by atoms with Crippen LogP contribution in [0.5, 0.6) is 0 Å². The maximum absolute atomic E-state index is 9.43. The molecule has 0 bridgehead atoms. The van der Waals surface area contributed by atoms with Crippen LogP contribution in [0.3, 0.4) is 0 Å². The minimum absolute atomic E-state index is 0.750. The molecule has 0 aliphatic rings. The first kappa shape index (κ1) is 12.7.